The Bertz CT molecular complexity index is 621. The molecule has 7 nitrogen and oxygen atoms in total. The lowest BCUT2D eigenvalue weighted by atomic mass is 10.1. The summed E-state index contributed by atoms with van der Waals surface area (Å²) in [6.07, 6.45) is 4.56. The molecule has 0 saturated heterocycles. The molecule has 2 heterocycles. The smallest absolute Gasteiger partial charge is 0.165 e. The van der Waals surface area contributed by atoms with Gasteiger partial charge in [0.05, 0.1) is 25.1 Å². The number of nitrogen functional groups attached to an aromatic ring is 1. The molecule has 7 heteroatoms. The van der Waals surface area contributed by atoms with Gasteiger partial charge in [-0.2, -0.15) is 0 Å². The van der Waals surface area contributed by atoms with Gasteiger partial charge in [0.25, 0.3) is 0 Å². The lowest BCUT2D eigenvalue weighted by molar-refractivity contribution is 0.169. The van der Waals surface area contributed by atoms with Crippen molar-refractivity contribution in [3.05, 3.63) is 24.3 Å². The highest BCUT2D eigenvalue weighted by atomic mass is 16.3. The van der Waals surface area contributed by atoms with E-state index in [4.69, 9.17) is 10.8 Å². The number of anilines is 1. The number of aliphatic hydroxyl groups is 2. The van der Waals surface area contributed by atoms with Crippen molar-refractivity contribution in [2.45, 2.75) is 18.6 Å². The fourth-order valence-electron chi connectivity index (χ4n) is 2.30. The molecule has 0 bridgehead atoms. The number of nitrogens with zero attached hydrogens (tertiary/aromatic N) is 4. The molecule has 2 aromatic heterocycles. The first kappa shape index (κ1) is 11.1. The fourth-order valence-corrected chi connectivity index (χ4v) is 2.30. The van der Waals surface area contributed by atoms with Crippen molar-refractivity contribution in [2.75, 3.05) is 12.3 Å². The van der Waals surface area contributed by atoms with Crippen LogP contribution in [0, 0.1) is 0 Å². The number of fused-ring (bicyclic) bond motifs is 1. The number of hydrogen-bond donors (Lipinski definition) is 3. The minimum Gasteiger partial charge on any atom is -0.392 e. The van der Waals surface area contributed by atoms with Crippen LogP contribution in [0.5, 0.6) is 0 Å². The molecule has 0 aromatic carbocycles. The minimum absolute atomic E-state index is 0.0443. The molecule has 0 aliphatic heterocycles. The van der Waals surface area contributed by atoms with Gasteiger partial charge < -0.3 is 20.5 Å². The molecule has 1 aliphatic rings. The molecule has 0 fully saturated rings. The summed E-state index contributed by atoms with van der Waals surface area (Å²) >= 11 is 0. The summed E-state index contributed by atoms with van der Waals surface area (Å²) in [7, 11) is 0. The topological polar surface area (TPSA) is 110 Å². The molecule has 2 atom stereocenters. The Morgan fingerprint density at radius 2 is 2.22 bits per heavy atom. The van der Waals surface area contributed by atoms with E-state index in [0.29, 0.717) is 23.4 Å². The first-order valence-electron chi connectivity index (χ1n) is 5.62. The van der Waals surface area contributed by atoms with E-state index in [-0.39, 0.29) is 12.6 Å². The van der Waals surface area contributed by atoms with Crippen LogP contribution < -0.4 is 5.73 Å². The monoisotopic (exact) mass is 247 g/mol. The van der Waals surface area contributed by atoms with Crippen LogP contribution in [0.1, 0.15) is 12.5 Å². The SMILES string of the molecule is Nc1ncnc2c1ncn2[C@@H]1CC(CO)=C[C@H]1O. The summed E-state index contributed by atoms with van der Waals surface area (Å²) in [5.74, 6) is 0.321. The summed E-state index contributed by atoms with van der Waals surface area (Å²) in [6, 6.07) is -0.202. The molecule has 0 amide bonds. The highest BCUT2D eigenvalue weighted by Crippen LogP contribution is 2.31. The number of rotatable bonds is 2. The Hall–Kier alpha value is -1.99. The molecule has 0 radical (unpaired) electrons. The van der Waals surface area contributed by atoms with Crippen LogP contribution in [0.3, 0.4) is 0 Å². The third-order valence-electron chi connectivity index (χ3n) is 3.22. The van der Waals surface area contributed by atoms with Gasteiger partial charge in [-0.1, -0.05) is 6.08 Å². The third-order valence-corrected chi connectivity index (χ3v) is 3.22. The summed E-state index contributed by atoms with van der Waals surface area (Å²) in [5.41, 5.74) is 7.66. The van der Waals surface area contributed by atoms with Gasteiger partial charge in [-0.25, -0.2) is 15.0 Å². The van der Waals surface area contributed by atoms with Crippen LogP contribution in [0.4, 0.5) is 5.82 Å². The van der Waals surface area contributed by atoms with Crippen LogP contribution in [0.2, 0.25) is 0 Å². The number of aliphatic hydroxyl groups excluding tert-OH is 2. The van der Waals surface area contributed by atoms with E-state index in [9.17, 15) is 5.11 Å². The van der Waals surface area contributed by atoms with Crippen molar-refractivity contribution in [1.82, 2.24) is 19.5 Å². The molecule has 94 valence electrons. The maximum atomic E-state index is 9.98. The molecular formula is C11H13N5O2. The first-order valence-corrected chi connectivity index (χ1v) is 5.62. The van der Waals surface area contributed by atoms with Gasteiger partial charge in [0.1, 0.15) is 11.8 Å². The van der Waals surface area contributed by atoms with Gasteiger partial charge in [0.15, 0.2) is 11.5 Å². The van der Waals surface area contributed by atoms with Crippen molar-refractivity contribution >= 4 is 17.0 Å². The van der Waals surface area contributed by atoms with Gasteiger partial charge >= 0.3 is 0 Å². The largest absolute Gasteiger partial charge is 0.392 e. The Morgan fingerprint density at radius 1 is 1.39 bits per heavy atom. The number of aromatic nitrogens is 4. The van der Waals surface area contributed by atoms with Crippen LogP contribution >= 0.6 is 0 Å². The molecule has 4 N–H and O–H groups in total. The maximum absolute atomic E-state index is 9.98. The minimum atomic E-state index is -0.652. The first-order chi connectivity index (χ1) is 8.70. The zero-order chi connectivity index (χ0) is 12.7. The van der Waals surface area contributed by atoms with E-state index in [1.165, 1.54) is 6.33 Å². The standard InChI is InChI=1S/C11H13N5O2/c12-10-9-11(14-4-13-10)16(5-15-9)7-1-6(3-17)2-8(7)18/h2,4-5,7-8,17-18H,1,3H2,(H2,12,13,14)/t7-,8-/m1/s1. The van der Waals surface area contributed by atoms with Gasteiger partial charge in [-0.15, -0.1) is 0 Å². The lowest BCUT2D eigenvalue weighted by Gasteiger charge is -2.16. The highest BCUT2D eigenvalue weighted by Gasteiger charge is 2.28. The van der Waals surface area contributed by atoms with Gasteiger partial charge in [-0.3, -0.25) is 0 Å². The van der Waals surface area contributed by atoms with E-state index in [2.05, 4.69) is 15.0 Å². The quantitative estimate of drug-likeness (QED) is 0.625. The van der Waals surface area contributed by atoms with E-state index in [0.717, 1.165) is 5.57 Å². The van der Waals surface area contributed by atoms with E-state index < -0.39 is 6.10 Å². The van der Waals surface area contributed by atoms with E-state index in [1.54, 1.807) is 17.0 Å². The number of hydrogen-bond acceptors (Lipinski definition) is 6. The van der Waals surface area contributed by atoms with Gasteiger partial charge in [0.2, 0.25) is 0 Å². The van der Waals surface area contributed by atoms with Crippen molar-refractivity contribution in [2.24, 2.45) is 0 Å². The third kappa shape index (κ3) is 1.56. The molecule has 18 heavy (non-hydrogen) atoms. The van der Waals surface area contributed by atoms with E-state index in [1.807, 2.05) is 0 Å². The summed E-state index contributed by atoms with van der Waals surface area (Å²) in [5, 5.41) is 19.1. The summed E-state index contributed by atoms with van der Waals surface area (Å²) in [6.45, 7) is -0.0443. The highest BCUT2D eigenvalue weighted by molar-refractivity contribution is 5.81. The van der Waals surface area contributed by atoms with Crippen molar-refractivity contribution in [3.63, 3.8) is 0 Å². The summed E-state index contributed by atoms with van der Waals surface area (Å²) in [4.78, 5) is 12.2. The molecular weight excluding hydrogens is 234 g/mol. The second kappa shape index (κ2) is 4.04. The second-order valence-corrected chi connectivity index (χ2v) is 4.33. The van der Waals surface area contributed by atoms with Crippen LogP contribution in [0.25, 0.3) is 11.2 Å². The average molecular weight is 247 g/mol. The lowest BCUT2D eigenvalue weighted by Crippen LogP contribution is -2.18. The molecule has 2 aromatic rings. The predicted molar refractivity (Wildman–Crippen MR) is 64.6 cm³/mol. The van der Waals surface area contributed by atoms with Crippen LogP contribution in [-0.4, -0.2) is 42.4 Å². The predicted octanol–water partition coefficient (Wildman–Crippen LogP) is -0.367. The Morgan fingerprint density at radius 3 is 2.94 bits per heavy atom. The number of nitrogens with two attached hydrogens (primary N) is 1. The molecule has 1 aliphatic carbocycles. The van der Waals surface area contributed by atoms with E-state index >= 15 is 0 Å². The Kier molecular flexibility index (Phi) is 2.49. The summed E-state index contributed by atoms with van der Waals surface area (Å²) < 4.78 is 1.78. The Labute approximate surface area is 103 Å². The van der Waals surface area contributed by atoms with Crippen molar-refractivity contribution in [1.29, 1.82) is 0 Å². The molecule has 0 saturated carbocycles. The van der Waals surface area contributed by atoms with Crippen molar-refractivity contribution < 1.29 is 10.2 Å². The van der Waals surface area contributed by atoms with Crippen LogP contribution in [0.15, 0.2) is 24.3 Å². The second-order valence-electron chi connectivity index (χ2n) is 4.33. The normalized spacial score (nSPS) is 23.6. The van der Waals surface area contributed by atoms with Gasteiger partial charge in [-0.05, 0) is 12.0 Å². The fraction of sp³-hybridized carbons (Fsp3) is 0.364. The molecule has 0 unspecified atom stereocenters. The zero-order valence-electron chi connectivity index (χ0n) is 9.56. The van der Waals surface area contributed by atoms with Crippen molar-refractivity contribution in [3.8, 4) is 0 Å². The zero-order valence-corrected chi connectivity index (χ0v) is 9.56. The van der Waals surface area contributed by atoms with Gasteiger partial charge in [0, 0.05) is 0 Å². The molecule has 0 spiro atoms. The number of imidazole rings is 1. The Balaban J connectivity index is 2.04. The maximum Gasteiger partial charge on any atom is 0.165 e. The van der Waals surface area contributed by atoms with Crippen LogP contribution in [-0.2, 0) is 0 Å². The molecule has 3 rings (SSSR count). The average Bonchev–Trinajstić information content (AvgIpc) is 2.93.